The second kappa shape index (κ2) is 3.65. The topological polar surface area (TPSA) is 37.3 Å². The molecular formula is C8H8ClFO2S. The fourth-order valence-electron chi connectivity index (χ4n) is 0.847. The second-order valence-electron chi connectivity index (χ2n) is 2.62. The van der Waals surface area contributed by atoms with Crippen molar-refractivity contribution in [2.45, 2.75) is 0 Å². The number of hydrogen-bond donors (Lipinski definition) is 1. The van der Waals surface area contributed by atoms with E-state index < -0.39 is 15.6 Å². The van der Waals surface area contributed by atoms with Crippen molar-refractivity contribution in [3.63, 3.8) is 0 Å². The van der Waals surface area contributed by atoms with Crippen LogP contribution in [0.1, 0.15) is 5.56 Å². The van der Waals surface area contributed by atoms with Gasteiger partial charge < -0.3 is 4.55 Å². The monoisotopic (exact) mass is 222 g/mol. The normalized spacial score (nSPS) is 15.1. The molecule has 5 heteroatoms. The number of halogens is 2. The van der Waals surface area contributed by atoms with E-state index in [-0.39, 0.29) is 10.6 Å². The minimum Gasteiger partial charge on any atom is -0.314 e. The Hall–Kier alpha value is -0.580. The Balaban J connectivity index is 3.34. The minimum atomic E-state index is -3.09. The molecule has 0 aliphatic rings. The largest absolute Gasteiger partial charge is 0.314 e. The average molecular weight is 223 g/mol. The molecule has 0 saturated heterocycles. The summed E-state index contributed by atoms with van der Waals surface area (Å²) in [5.74, 6) is -0.673. The van der Waals surface area contributed by atoms with E-state index in [1.54, 1.807) is 0 Å². The molecule has 0 aliphatic heterocycles. The van der Waals surface area contributed by atoms with Gasteiger partial charge in [0.2, 0.25) is 0 Å². The van der Waals surface area contributed by atoms with Gasteiger partial charge in [0.1, 0.15) is 5.82 Å². The smallest absolute Gasteiger partial charge is 0.149 e. The van der Waals surface area contributed by atoms with E-state index >= 15 is 0 Å². The van der Waals surface area contributed by atoms with Gasteiger partial charge in [-0.05, 0) is 6.07 Å². The molecule has 0 heterocycles. The molecule has 0 fully saturated rings. The van der Waals surface area contributed by atoms with Crippen LogP contribution in [0.25, 0.3) is 0 Å². The number of hydrogen-bond acceptors (Lipinski definition) is 1. The third-order valence-electron chi connectivity index (χ3n) is 1.33. The Labute approximate surface area is 81.2 Å². The summed E-state index contributed by atoms with van der Waals surface area (Å²) in [6, 6.07) is 4.28. The molecule has 1 aromatic rings. The Morgan fingerprint density at radius 2 is 2.23 bits per heavy atom. The van der Waals surface area contributed by atoms with Crippen LogP contribution in [0.5, 0.6) is 0 Å². The lowest BCUT2D eigenvalue weighted by molar-refractivity contribution is 0.566. The van der Waals surface area contributed by atoms with E-state index in [4.69, 9.17) is 16.2 Å². The van der Waals surface area contributed by atoms with Gasteiger partial charge in [0, 0.05) is 17.2 Å². The summed E-state index contributed by atoms with van der Waals surface area (Å²) in [6.45, 7) is 0. The van der Waals surface area contributed by atoms with E-state index in [1.165, 1.54) is 18.2 Å². The van der Waals surface area contributed by atoms with Crippen LogP contribution in [0.15, 0.2) is 18.2 Å². The highest BCUT2D eigenvalue weighted by Gasteiger charge is 2.04. The van der Waals surface area contributed by atoms with Crippen LogP contribution in [0.2, 0.25) is 5.02 Å². The van der Waals surface area contributed by atoms with Gasteiger partial charge in [-0.25, -0.2) is 8.60 Å². The molecule has 72 valence electrons. The maximum atomic E-state index is 13.1. The zero-order valence-corrected chi connectivity index (χ0v) is 8.40. The molecule has 0 spiro atoms. The van der Waals surface area contributed by atoms with Crippen LogP contribution in [-0.4, -0.2) is 20.4 Å². The van der Waals surface area contributed by atoms with Crippen LogP contribution in [0.3, 0.4) is 0 Å². The van der Waals surface area contributed by atoms with Crippen LogP contribution >= 0.6 is 11.6 Å². The van der Waals surface area contributed by atoms with Gasteiger partial charge in [-0.15, -0.1) is 0 Å². The molecule has 0 bridgehead atoms. The maximum absolute atomic E-state index is 13.1. The Kier molecular flexibility index (Phi) is 2.95. The van der Waals surface area contributed by atoms with Gasteiger partial charge >= 0.3 is 0 Å². The first-order valence-electron chi connectivity index (χ1n) is 3.40. The fraction of sp³-hybridized carbons (Fsp3) is 0.125. The number of benzene rings is 1. The van der Waals surface area contributed by atoms with Crippen LogP contribution < -0.4 is 0 Å². The van der Waals surface area contributed by atoms with Gasteiger partial charge in [-0.1, -0.05) is 23.7 Å². The summed E-state index contributed by atoms with van der Waals surface area (Å²) >= 11 is 5.47. The van der Waals surface area contributed by atoms with Gasteiger partial charge in [-0.3, -0.25) is 0 Å². The lowest BCUT2D eigenvalue weighted by Crippen LogP contribution is -2.01. The minimum absolute atomic E-state index is 0.0440. The van der Waals surface area contributed by atoms with Crippen LogP contribution in [0.4, 0.5) is 4.39 Å². The standard InChI is InChI=1S/C8H8ClFO2S/c1-13(11,12)5-6-3-2-4-7(9)8(6)10/h2-5H,1H3,(H,11,12). The molecule has 0 saturated carbocycles. The van der Waals surface area contributed by atoms with Gasteiger partial charge in [-0.2, -0.15) is 0 Å². The molecule has 2 nitrogen and oxygen atoms in total. The molecular weight excluding hydrogens is 215 g/mol. The summed E-state index contributed by atoms with van der Waals surface area (Å²) in [5, 5.41) is 0.895. The third-order valence-corrected chi connectivity index (χ3v) is 2.31. The SMILES string of the molecule is CS(=O)(O)=Cc1cccc(Cl)c1F. The first-order valence-corrected chi connectivity index (χ1v) is 5.77. The van der Waals surface area contributed by atoms with Crippen molar-refractivity contribution in [3.05, 3.63) is 34.6 Å². The van der Waals surface area contributed by atoms with Crippen LogP contribution in [0, 0.1) is 5.82 Å². The lowest BCUT2D eigenvalue weighted by atomic mass is 10.2. The van der Waals surface area contributed by atoms with E-state index in [0.717, 1.165) is 11.6 Å². The van der Waals surface area contributed by atoms with E-state index in [1.807, 2.05) is 0 Å². The van der Waals surface area contributed by atoms with Crippen molar-refractivity contribution in [1.82, 2.24) is 0 Å². The van der Waals surface area contributed by atoms with Gasteiger partial charge in [0.25, 0.3) is 0 Å². The van der Waals surface area contributed by atoms with E-state index in [2.05, 4.69) is 0 Å². The molecule has 1 aromatic carbocycles. The molecule has 1 rings (SSSR count). The predicted octanol–water partition coefficient (Wildman–Crippen LogP) is 2.02. The molecule has 0 radical (unpaired) electrons. The molecule has 1 atom stereocenters. The van der Waals surface area contributed by atoms with Crippen molar-refractivity contribution < 1.29 is 13.2 Å². The number of rotatable bonds is 1. The first-order chi connectivity index (χ1) is 5.90. The summed E-state index contributed by atoms with van der Waals surface area (Å²) in [5.41, 5.74) is 0.0440. The van der Waals surface area contributed by atoms with E-state index in [0.29, 0.717) is 0 Å². The zero-order chi connectivity index (χ0) is 10.1. The average Bonchev–Trinajstić information content (AvgIpc) is 1.96. The summed E-state index contributed by atoms with van der Waals surface area (Å²) < 4.78 is 33.0. The Morgan fingerprint density at radius 3 is 2.77 bits per heavy atom. The molecule has 0 aliphatic carbocycles. The zero-order valence-electron chi connectivity index (χ0n) is 6.83. The highest BCUT2D eigenvalue weighted by Crippen LogP contribution is 2.16. The molecule has 0 amide bonds. The van der Waals surface area contributed by atoms with Crippen molar-refractivity contribution in [2.24, 2.45) is 0 Å². The van der Waals surface area contributed by atoms with Crippen molar-refractivity contribution in [1.29, 1.82) is 0 Å². The Bertz CT molecular complexity index is 428. The predicted molar refractivity (Wildman–Crippen MR) is 53.3 cm³/mol. The molecule has 1 N–H and O–H groups in total. The molecule has 13 heavy (non-hydrogen) atoms. The summed E-state index contributed by atoms with van der Waals surface area (Å²) in [4.78, 5) is 0. The first kappa shape index (κ1) is 10.5. The van der Waals surface area contributed by atoms with E-state index in [9.17, 15) is 8.60 Å². The molecule has 0 aromatic heterocycles. The van der Waals surface area contributed by atoms with Gasteiger partial charge in [0.15, 0.2) is 0 Å². The second-order valence-corrected chi connectivity index (χ2v) is 4.99. The van der Waals surface area contributed by atoms with Crippen molar-refractivity contribution >= 4 is 26.8 Å². The Morgan fingerprint density at radius 1 is 1.62 bits per heavy atom. The van der Waals surface area contributed by atoms with Crippen LogP contribution in [-0.2, 0) is 9.80 Å². The highest BCUT2D eigenvalue weighted by molar-refractivity contribution is 7.95. The summed E-state index contributed by atoms with van der Waals surface area (Å²) in [6.07, 6.45) is 1.10. The third kappa shape index (κ3) is 2.99. The van der Waals surface area contributed by atoms with Crippen molar-refractivity contribution in [2.75, 3.05) is 6.26 Å². The van der Waals surface area contributed by atoms with Gasteiger partial charge in [0.05, 0.1) is 14.8 Å². The molecule has 1 unspecified atom stereocenters. The van der Waals surface area contributed by atoms with Crippen molar-refractivity contribution in [3.8, 4) is 0 Å². The highest BCUT2D eigenvalue weighted by atomic mass is 35.5. The fourth-order valence-corrected chi connectivity index (χ4v) is 1.68. The lowest BCUT2D eigenvalue weighted by Gasteiger charge is -1.99. The maximum Gasteiger partial charge on any atom is 0.149 e. The quantitative estimate of drug-likeness (QED) is 0.739. The summed E-state index contributed by atoms with van der Waals surface area (Å²) in [7, 11) is -3.09.